The molecule has 3 heterocycles. The highest BCUT2D eigenvalue weighted by Crippen LogP contribution is 2.21. The first-order valence-electron chi connectivity index (χ1n) is 6.82. The average molecular weight is 235 g/mol. The van der Waals surface area contributed by atoms with Crippen LogP contribution in [0.5, 0.6) is 0 Å². The molecule has 0 radical (unpaired) electrons. The zero-order valence-corrected chi connectivity index (χ0v) is 10.3. The first-order chi connectivity index (χ1) is 8.43. The van der Waals surface area contributed by atoms with Crippen molar-refractivity contribution in [1.82, 2.24) is 10.2 Å². The van der Waals surface area contributed by atoms with Gasteiger partial charge in [-0.3, -0.25) is 10.2 Å². The van der Waals surface area contributed by atoms with E-state index in [0.717, 1.165) is 25.2 Å². The summed E-state index contributed by atoms with van der Waals surface area (Å²) in [6.07, 6.45) is 8.70. The maximum Gasteiger partial charge on any atom is 0.206 e. The number of rotatable bonds is 2. The van der Waals surface area contributed by atoms with Crippen molar-refractivity contribution in [2.24, 2.45) is 5.16 Å². The van der Waals surface area contributed by atoms with E-state index in [9.17, 15) is 0 Å². The van der Waals surface area contributed by atoms with Crippen LogP contribution in [-0.2, 0) is 4.84 Å². The van der Waals surface area contributed by atoms with Crippen molar-refractivity contribution >= 4 is 5.71 Å². The molecule has 1 N–H and O–H groups in total. The molecule has 0 bridgehead atoms. The average Bonchev–Trinajstić information content (AvgIpc) is 2.61. The quantitative estimate of drug-likeness (QED) is 0.788. The molecule has 17 heavy (non-hydrogen) atoms. The number of hydrogen-bond donors (Lipinski definition) is 1. The molecule has 4 nitrogen and oxygen atoms in total. The van der Waals surface area contributed by atoms with E-state index < -0.39 is 0 Å². The molecule has 0 saturated carbocycles. The minimum absolute atomic E-state index is 0.0253. The van der Waals surface area contributed by atoms with Gasteiger partial charge in [0.15, 0.2) is 0 Å². The van der Waals surface area contributed by atoms with E-state index in [2.05, 4.69) is 21.4 Å². The number of oxime groups is 1. The SMILES string of the molecule is C1=C2C(CN3CCCCC3)=NOC2NCCC1. The van der Waals surface area contributed by atoms with Crippen molar-refractivity contribution in [2.45, 2.75) is 38.3 Å². The van der Waals surface area contributed by atoms with Crippen molar-refractivity contribution in [2.75, 3.05) is 26.2 Å². The summed E-state index contributed by atoms with van der Waals surface area (Å²) < 4.78 is 0. The third-order valence-electron chi connectivity index (χ3n) is 3.78. The van der Waals surface area contributed by atoms with E-state index in [-0.39, 0.29) is 6.23 Å². The second-order valence-electron chi connectivity index (χ2n) is 5.12. The number of likely N-dealkylation sites (tertiary alicyclic amines) is 1. The largest absolute Gasteiger partial charge is 0.371 e. The number of hydrogen-bond acceptors (Lipinski definition) is 4. The molecule has 0 aromatic heterocycles. The van der Waals surface area contributed by atoms with Crippen LogP contribution in [0.15, 0.2) is 16.8 Å². The van der Waals surface area contributed by atoms with Crippen LogP contribution >= 0.6 is 0 Å². The van der Waals surface area contributed by atoms with Gasteiger partial charge in [0.2, 0.25) is 6.23 Å². The molecule has 3 rings (SSSR count). The summed E-state index contributed by atoms with van der Waals surface area (Å²) in [6.45, 7) is 4.41. The molecule has 0 amide bonds. The lowest BCUT2D eigenvalue weighted by atomic mass is 10.1. The number of fused-ring (bicyclic) bond motifs is 1. The van der Waals surface area contributed by atoms with Crippen LogP contribution in [0.25, 0.3) is 0 Å². The predicted molar refractivity (Wildman–Crippen MR) is 67.9 cm³/mol. The Hall–Kier alpha value is -0.870. The Morgan fingerprint density at radius 1 is 1.29 bits per heavy atom. The Morgan fingerprint density at radius 3 is 3.06 bits per heavy atom. The van der Waals surface area contributed by atoms with Gasteiger partial charge in [0.25, 0.3) is 0 Å². The normalized spacial score (nSPS) is 30.0. The molecule has 3 aliphatic heterocycles. The summed E-state index contributed by atoms with van der Waals surface area (Å²) >= 11 is 0. The summed E-state index contributed by atoms with van der Waals surface area (Å²) in [5.41, 5.74) is 2.43. The number of nitrogens with zero attached hydrogens (tertiary/aromatic N) is 2. The Kier molecular flexibility index (Phi) is 3.43. The first-order valence-corrected chi connectivity index (χ1v) is 6.82. The Labute approximate surface area is 103 Å². The van der Waals surface area contributed by atoms with E-state index in [1.54, 1.807) is 0 Å². The van der Waals surface area contributed by atoms with Crippen LogP contribution < -0.4 is 5.32 Å². The molecule has 0 spiro atoms. The molecule has 1 fully saturated rings. The number of allylic oxidation sites excluding steroid dienone is 1. The van der Waals surface area contributed by atoms with Crippen LogP contribution in [0.1, 0.15) is 32.1 Å². The summed E-state index contributed by atoms with van der Waals surface area (Å²) in [7, 11) is 0. The molecule has 0 aliphatic carbocycles. The standard InChI is InChI=1S/C13H21N3O/c1-4-8-16(9-5-1)10-12-11-6-2-3-7-14-13(11)17-15-12/h6,13-14H,1-5,7-10H2. The Balaban J connectivity index is 1.64. The maximum absolute atomic E-state index is 5.47. The van der Waals surface area contributed by atoms with E-state index in [1.807, 2.05) is 0 Å². The highest BCUT2D eigenvalue weighted by Gasteiger charge is 2.29. The third-order valence-corrected chi connectivity index (χ3v) is 3.78. The van der Waals surface area contributed by atoms with Gasteiger partial charge in [-0.25, -0.2) is 0 Å². The maximum atomic E-state index is 5.47. The minimum atomic E-state index is 0.0253. The van der Waals surface area contributed by atoms with Crippen LogP contribution in [0.3, 0.4) is 0 Å². The molecular weight excluding hydrogens is 214 g/mol. The second kappa shape index (κ2) is 5.19. The lowest BCUT2D eigenvalue weighted by molar-refractivity contribution is 0.0806. The van der Waals surface area contributed by atoms with Gasteiger partial charge in [-0.2, -0.15) is 0 Å². The third kappa shape index (κ3) is 2.53. The Bertz CT molecular complexity index is 332. The van der Waals surface area contributed by atoms with E-state index in [0.29, 0.717) is 0 Å². The highest BCUT2D eigenvalue weighted by molar-refractivity contribution is 6.03. The van der Waals surface area contributed by atoms with Crippen LogP contribution in [0.2, 0.25) is 0 Å². The van der Waals surface area contributed by atoms with Crippen molar-refractivity contribution in [1.29, 1.82) is 0 Å². The second-order valence-corrected chi connectivity index (χ2v) is 5.12. The van der Waals surface area contributed by atoms with Crippen LogP contribution in [0, 0.1) is 0 Å². The fraction of sp³-hybridized carbons (Fsp3) is 0.769. The summed E-state index contributed by atoms with van der Waals surface area (Å²) in [4.78, 5) is 7.97. The molecule has 4 heteroatoms. The van der Waals surface area contributed by atoms with Gasteiger partial charge in [-0.05, 0) is 45.3 Å². The Morgan fingerprint density at radius 2 is 2.18 bits per heavy atom. The summed E-state index contributed by atoms with van der Waals surface area (Å²) in [5.74, 6) is 0. The predicted octanol–water partition coefficient (Wildman–Crippen LogP) is 1.49. The molecule has 1 atom stereocenters. The van der Waals surface area contributed by atoms with Gasteiger partial charge in [0, 0.05) is 12.1 Å². The zero-order chi connectivity index (χ0) is 11.5. The molecule has 1 saturated heterocycles. The van der Waals surface area contributed by atoms with Gasteiger partial charge < -0.3 is 4.84 Å². The summed E-state index contributed by atoms with van der Waals surface area (Å²) in [6, 6.07) is 0. The van der Waals surface area contributed by atoms with Crippen molar-refractivity contribution in [3.05, 3.63) is 11.6 Å². The van der Waals surface area contributed by atoms with Crippen molar-refractivity contribution < 1.29 is 4.84 Å². The van der Waals surface area contributed by atoms with Crippen LogP contribution in [-0.4, -0.2) is 43.0 Å². The van der Waals surface area contributed by atoms with Gasteiger partial charge in [-0.15, -0.1) is 0 Å². The zero-order valence-electron chi connectivity index (χ0n) is 10.3. The summed E-state index contributed by atoms with van der Waals surface area (Å²) in [5, 5.41) is 7.65. The number of piperidine rings is 1. The van der Waals surface area contributed by atoms with E-state index in [4.69, 9.17) is 4.84 Å². The lowest BCUT2D eigenvalue weighted by Gasteiger charge is -2.26. The highest BCUT2D eigenvalue weighted by atomic mass is 16.7. The molecule has 3 aliphatic rings. The molecule has 1 unspecified atom stereocenters. The molecule has 0 aromatic rings. The van der Waals surface area contributed by atoms with Gasteiger partial charge >= 0.3 is 0 Å². The van der Waals surface area contributed by atoms with Crippen molar-refractivity contribution in [3.8, 4) is 0 Å². The molecular formula is C13H21N3O. The first kappa shape index (κ1) is 11.2. The fourth-order valence-electron chi connectivity index (χ4n) is 2.79. The molecule has 0 aromatic carbocycles. The number of nitrogens with one attached hydrogen (secondary N) is 1. The van der Waals surface area contributed by atoms with Crippen molar-refractivity contribution in [3.63, 3.8) is 0 Å². The van der Waals surface area contributed by atoms with E-state index in [1.165, 1.54) is 44.3 Å². The molecule has 94 valence electrons. The van der Waals surface area contributed by atoms with Crippen LogP contribution in [0.4, 0.5) is 0 Å². The fourth-order valence-corrected chi connectivity index (χ4v) is 2.79. The minimum Gasteiger partial charge on any atom is -0.371 e. The smallest absolute Gasteiger partial charge is 0.206 e. The van der Waals surface area contributed by atoms with Gasteiger partial charge in [0.05, 0.1) is 0 Å². The topological polar surface area (TPSA) is 36.9 Å². The van der Waals surface area contributed by atoms with E-state index >= 15 is 0 Å². The van der Waals surface area contributed by atoms with Gasteiger partial charge in [0.1, 0.15) is 5.71 Å². The van der Waals surface area contributed by atoms with Gasteiger partial charge in [-0.1, -0.05) is 17.7 Å². The lowest BCUT2D eigenvalue weighted by Crippen LogP contribution is -2.36. The monoisotopic (exact) mass is 235 g/mol.